The Morgan fingerprint density at radius 3 is 0.881 bits per heavy atom. The van der Waals surface area contributed by atoms with E-state index >= 15 is 0 Å². The van der Waals surface area contributed by atoms with Crippen molar-refractivity contribution < 1.29 is 25.5 Å². The molecule has 42 heavy (non-hydrogen) atoms. The fraction of sp³-hybridized carbons (Fsp3) is 0.189. The van der Waals surface area contributed by atoms with Gasteiger partial charge in [0.25, 0.3) is 0 Å². The highest BCUT2D eigenvalue weighted by Gasteiger charge is 2.28. The molecule has 0 heterocycles. The van der Waals surface area contributed by atoms with Gasteiger partial charge < -0.3 is 25.5 Å². The third-order valence-electron chi connectivity index (χ3n) is 8.15. The van der Waals surface area contributed by atoms with Crippen LogP contribution in [0.4, 0.5) is 0 Å². The van der Waals surface area contributed by atoms with Crippen molar-refractivity contribution in [3.05, 3.63) is 146 Å². The van der Waals surface area contributed by atoms with Crippen LogP contribution in [0.5, 0.6) is 28.7 Å². The van der Waals surface area contributed by atoms with Gasteiger partial charge in [-0.1, -0.05) is 66.2 Å². The van der Waals surface area contributed by atoms with Crippen molar-refractivity contribution in [1.29, 1.82) is 0 Å². The predicted molar refractivity (Wildman–Crippen MR) is 166 cm³/mol. The minimum atomic E-state index is -0.397. The Balaban J connectivity index is 1.80. The summed E-state index contributed by atoms with van der Waals surface area (Å²) in [4.78, 5) is 0. The summed E-state index contributed by atoms with van der Waals surface area (Å²) in [5.41, 5.74) is 8.76. The topological polar surface area (TPSA) is 101 Å². The van der Waals surface area contributed by atoms with Gasteiger partial charge in [-0.3, -0.25) is 0 Å². The molecule has 0 fully saturated rings. The maximum atomic E-state index is 12.2. The Bertz CT molecular complexity index is 1570. The number of phenols is 5. The van der Waals surface area contributed by atoms with Crippen LogP contribution >= 0.6 is 0 Å². The summed E-state index contributed by atoms with van der Waals surface area (Å²) in [7, 11) is 0. The molecule has 0 aliphatic carbocycles. The van der Waals surface area contributed by atoms with E-state index in [-0.39, 0.29) is 28.7 Å². The van der Waals surface area contributed by atoms with Crippen molar-refractivity contribution in [2.75, 3.05) is 0 Å². The first-order valence-electron chi connectivity index (χ1n) is 14.0. The molecule has 5 aromatic rings. The van der Waals surface area contributed by atoms with Crippen LogP contribution in [0.25, 0.3) is 0 Å². The van der Waals surface area contributed by atoms with Gasteiger partial charge in [-0.05, 0) is 103 Å². The summed E-state index contributed by atoms with van der Waals surface area (Å²) >= 11 is 0. The zero-order valence-corrected chi connectivity index (χ0v) is 24.5. The van der Waals surface area contributed by atoms with Crippen molar-refractivity contribution in [3.63, 3.8) is 0 Å². The summed E-state index contributed by atoms with van der Waals surface area (Å²) in [6.07, 6.45) is 0. The summed E-state index contributed by atoms with van der Waals surface area (Å²) < 4.78 is 0. The molecule has 0 bridgehead atoms. The lowest BCUT2D eigenvalue weighted by molar-refractivity contribution is 0.458. The molecule has 0 aliphatic heterocycles. The first-order valence-corrected chi connectivity index (χ1v) is 14.0. The van der Waals surface area contributed by atoms with E-state index < -0.39 is 11.8 Å². The van der Waals surface area contributed by atoms with Crippen molar-refractivity contribution in [3.8, 4) is 28.7 Å². The molecule has 0 aliphatic rings. The molecule has 214 valence electrons. The molecule has 0 atom stereocenters. The van der Waals surface area contributed by atoms with E-state index in [1.807, 2.05) is 95.3 Å². The summed E-state index contributed by atoms with van der Waals surface area (Å²) in [6, 6.07) is 25.8. The van der Waals surface area contributed by atoms with Crippen LogP contribution in [0.3, 0.4) is 0 Å². The molecule has 5 heteroatoms. The molecule has 5 rings (SSSR count). The lowest BCUT2D eigenvalue weighted by Crippen LogP contribution is -2.10. The highest BCUT2D eigenvalue weighted by Crippen LogP contribution is 2.46. The zero-order valence-electron chi connectivity index (χ0n) is 24.5. The van der Waals surface area contributed by atoms with Crippen molar-refractivity contribution in [2.24, 2.45) is 0 Å². The summed E-state index contributed by atoms with van der Waals surface area (Å²) in [5, 5.41) is 53.3. The Kier molecular flexibility index (Phi) is 7.61. The second-order valence-corrected chi connectivity index (χ2v) is 11.3. The van der Waals surface area contributed by atoms with Crippen LogP contribution in [-0.2, 0) is 0 Å². The Morgan fingerprint density at radius 1 is 0.381 bits per heavy atom. The van der Waals surface area contributed by atoms with E-state index in [9.17, 15) is 25.5 Å². The van der Waals surface area contributed by atoms with Gasteiger partial charge in [-0.25, -0.2) is 0 Å². The van der Waals surface area contributed by atoms with Crippen LogP contribution in [-0.4, -0.2) is 25.5 Å². The molecule has 0 saturated carbocycles. The monoisotopic (exact) mass is 560 g/mol. The minimum absolute atomic E-state index is 0.128. The quantitative estimate of drug-likeness (QED) is 0.135. The molecule has 5 aromatic carbocycles. The molecule has 0 spiro atoms. The fourth-order valence-corrected chi connectivity index (χ4v) is 5.81. The van der Waals surface area contributed by atoms with E-state index in [0.29, 0.717) is 11.1 Å². The molecule has 5 nitrogen and oxygen atoms in total. The molecule has 5 N–H and O–H groups in total. The van der Waals surface area contributed by atoms with Crippen LogP contribution in [0.2, 0.25) is 0 Å². The van der Waals surface area contributed by atoms with Crippen molar-refractivity contribution in [1.82, 2.24) is 0 Å². The predicted octanol–water partition coefficient (Wildman–Crippen LogP) is 8.12. The smallest absolute Gasteiger partial charge is 0.123 e. The zero-order chi connectivity index (χ0) is 30.3. The van der Waals surface area contributed by atoms with Crippen LogP contribution in [0.1, 0.15) is 73.0 Å². The fourth-order valence-electron chi connectivity index (χ4n) is 5.81. The van der Waals surface area contributed by atoms with Gasteiger partial charge in [0.1, 0.15) is 28.7 Å². The number of hydrogen-bond donors (Lipinski definition) is 5. The number of rotatable bonds is 6. The SMILES string of the molecule is Cc1cc(C(c2ccc(O)c(C)c2)c2ccc(O)c(C)c2)c(O)c(C(c2ccc(O)c(C)c2)c2ccc(O)c(C)c2)c1. The second-order valence-electron chi connectivity index (χ2n) is 11.3. The highest BCUT2D eigenvalue weighted by atomic mass is 16.3. The molecule has 0 radical (unpaired) electrons. The first-order chi connectivity index (χ1) is 19.9. The van der Waals surface area contributed by atoms with Crippen LogP contribution in [0, 0.1) is 34.6 Å². The van der Waals surface area contributed by atoms with E-state index in [1.54, 1.807) is 24.3 Å². The van der Waals surface area contributed by atoms with Crippen LogP contribution in [0.15, 0.2) is 84.9 Å². The number of aromatic hydroxyl groups is 5. The standard InChI is InChI=1S/C37H36O5/c1-20-14-29(35(25-6-10-31(38)21(2)16-25)26-7-11-32(39)22(3)17-26)37(42)30(15-20)36(27-8-12-33(40)23(4)18-27)28-9-13-34(41)24(5)19-28/h6-19,35-36,38-42H,1-5H3. The van der Waals surface area contributed by atoms with E-state index in [2.05, 4.69) is 0 Å². The number of benzene rings is 5. The van der Waals surface area contributed by atoms with E-state index in [1.165, 1.54) is 0 Å². The van der Waals surface area contributed by atoms with Gasteiger partial charge in [0, 0.05) is 23.0 Å². The number of aryl methyl sites for hydroxylation is 5. The van der Waals surface area contributed by atoms with Gasteiger partial charge >= 0.3 is 0 Å². The maximum Gasteiger partial charge on any atom is 0.123 e. The summed E-state index contributed by atoms with van der Waals surface area (Å²) in [6.45, 7) is 9.37. The second kappa shape index (κ2) is 11.2. The lowest BCUT2D eigenvalue weighted by Gasteiger charge is -2.27. The molecular formula is C37H36O5. The third-order valence-corrected chi connectivity index (χ3v) is 8.15. The van der Waals surface area contributed by atoms with E-state index in [0.717, 1.165) is 50.1 Å². The van der Waals surface area contributed by atoms with Crippen molar-refractivity contribution >= 4 is 0 Å². The lowest BCUT2D eigenvalue weighted by atomic mass is 9.78. The van der Waals surface area contributed by atoms with Gasteiger partial charge in [0.2, 0.25) is 0 Å². The van der Waals surface area contributed by atoms with E-state index in [4.69, 9.17) is 0 Å². The molecule has 0 saturated heterocycles. The van der Waals surface area contributed by atoms with Gasteiger partial charge in [-0.2, -0.15) is 0 Å². The van der Waals surface area contributed by atoms with Crippen LogP contribution < -0.4 is 0 Å². The summed E-state index contributed by atoms with van der Waals surface area (Å²) in [5.74, 6) is 0.108. The Morgan fingerprint density at radius 2 is 0.643 bits per heavy atom. The highest BCUT2D eigenvalue weighted by molar-refractivity contribution is 5.60. The third kappa shape index (κ3) is 5.38. The van der Waals surface area contributed by atoms with Gasteiger partial charge in [0.05, 0.1) is 0 Å². The Hall–Kier alpha value is -4.90. The van der Waals surface area contributed by atoms with Crippen molar-refractivity contribution in [2.45, 2.75) is 46.5 Å². The molecule has 0 aromatic heterocycles. The average molecular weight is 561 g/mol. The average Bonchev–Trinajstić information content (AvgIpc) is 2.94. The first kappa shape index (κ1) is 28.6. The molecule has 0 amide bonds. The number of hydrogen-bond acceptors (Lipinski definition) is 5. The maximum absolute atomic E-state index is 12.2. The number of phenolic OH excluding ortho intramolecular Hbond substituents is 5. The Labute approximate surface area is 246 Å². The van der Waals surface area contributed by atoms with Gasteiger partial charge in [0.15, 0.2) is 0 Å². The molecule has 0 unspecified atom stereocenters. The molecular weight excluding hydrogens is 524 g/mol. The normalized spacial score (nSPS) is 11.4. The largest absolute Gasteiger partial charge is 0.508 e. The van der Waals surface area contributed by atoms with Gasteiger partial charge in [-0.15, -0.1) is 0 Å². The minimum Gasteiger partial charge on any atom is -0.508 e.